The summed E-state index contributed by atoms with van der Waals surface area (Å²) in [5, 5.41) is 0. The van der Waals surface area contributed by atoms with Gasteiger partial charge in [0, 0.05) is 11.5 Å². The van der Waals surface area contributed by atoms with Crippen LogP contribution in [0.15, 0.2) is 30.3 Å². The van der Waals surface area contributed by atoms with E-state index in [-0.39, 0.29) is 5.41 Å². The molecule has 1 rings (SSSR count). The maximum Gasteiger partial charge on any atom is 0.0304 e. The molecule has 0 amide bonds. The molecule has 0 saturated heterocycles. The van der Waals surface area contributed by atoms with Crippen molar-refractivity contribution < 1.29 is 0 Å². The van der Waals surface area contributed by atoms with E-state index in [4.69, 9.17) is 5.84 Å². The minimum absolute atomic E-state index is 0.157. The number of hydrazine groups is 1. The Morgan fingerprint density at radius 3 is 2.06 bits per heavy atom. The molecule has 0 bridgehead atoms. The van der Waals surface area contributed by atoms with E-state index in [1.165, 1.54) is 5.56 Å². The Balaban J connectivity index is 3.14. The van der Waals surface area contributed by atoms with Crippen LogP contribution in [0.3, 0.4) is 0 Å². The van der Waals surface area contributed by atoms with Crippen molar-refractivity contribution in [2.24, 2.45) is 5.84 Å². The Kier molecular flexibility index (Phi) is 4.97. The van der Waals surface area contributed by atoms with E-state index in [1.807, 2.05) is 0 Å². The maximum absolute atomic E-state index is 5.71. The van der Waals surface area contributed by atoms with Crippen LogP contribution in [0.25, 0.3) is 0 Å². The molecule has 1 aromatic rings. The van der Waals surface area contributed by atoms with E-state index in [0.717, 1.165) is 19.3 Å². The molecular weight excluding hydrogens is 196 g/mol. The molecule has 1 atom stereocenters. The first-order valence-corrected chi connectivity index (χ1v) is 6.26. The van der Waals surface area contributed by atoms with Gasteiger partial charge >= 0.3 is 0 Å². The van der Waals surface area contributed by atoms with Crippen LogP contribution in [0.5, 0.6) is 0 Å². The van der Waals surface area contributed by atoms with Gasteiger partial charge in [0.05, 0.1) is 0 Å². The third-order valence-electron chi connectivity index (χ3n) is 3.89. The fourth-order valence-corrected chi connectivity index (χ4v) is 2.79. The highest BCUT2D eigenvalue weighted by molar-refractivity contribution is 5.27. The summed E-state index contributed by atoms with van der Waals surface area (Å²) in [5.41, 5.74) is 4.54. The van der Waals surface area contributed by atoms with E-state index < -0.39 is 0 Å². The van der Waals surface area contributed by atoms with E-state index in [1.54, 1.807) is 0 Å². The van der Waals surface area contributed by atoms with Gasteiger partial charge in [0.15, 0.2) is 0 Å². The molecule has 0 spiro atoms. The van der Waals surface area contributed by atoms with Crippen molar-refractivity contribution in [3.63, 3.8) is 0 Å². The Morgan fingerprint density at radius 2 is 1.69 bits per heavy atom. The maximum atomic E-state index is 5.71. The summed E-state index contributed by atoms with van der Waals surface area (Å²) in [4.78, 5) is 0. The molecule has 1 aromatic carbocycles. The lowest BCUT2D eigenvalue weighted by Gasteiger charge is -2.39. The molecule has 3 N–H and O–H groups in total. The second kappa shape index (κ2) is 6.02. The zero-order valence-electron chi connectivity index (χ0n) is 10.7. The number of nitrogens with one attached hydrogen (secondary N) is 1. The second-order valence-corrected chi connectivity index (χ2v) is 4.36. The molecular formula is C14H24N2. The van der Waals surface area contributed by atoms with Crippen LogP contribution in [-0.4, -0.2) is 6.04 Å². The fourth-order valence-electron chi connectivity index (χ4n) is 2.79. The summed E-state index contributed by atoms with van der Waals surface area (Å²) in [6.07, 6.45) is 3.26. The van der Waals surface area contributed by atoms with Gasteiger partial charge in [-0.25, -0.2) is 0 Å². The van der Waals surface area contributed by atoms with Crippen LogP contribution in [0.4, 0.5) is 0 Å². The largest absolute Gasteiger partial charge is 0.271 e. The van der Waals surface area contributed by atoms with Gasteiger partial charge in [0.1, 0.15) is 0 Å². The van der Waals surface area contributed by atoms with Crippen LogP contribution < -0.4 is 11.3 Å². The van der Waals surface area contributed by atoms with Gasteiger partial charge in [-0.3, -0.25) is 11.3 Å². The van der Waals surface area contributed by atoms with Crippen molar-refractivity contribution in [3.8, 4) is 0 Å². The van der Waals surface area contributed by atoms with Gasteiger partial charge in [0.2, 0.25) is 0 Å². The second-order valence-electron chi connectivity index (χ2n) is 4.36. The number of nitrogens with two attached hydrogens (primary N) is 1. The van der Waals surface area contributed by atoms with E-state index >= 15 is 0 Å². The Labute approximate surface area is 99.2 Å². The lowest BCUT2D eigenvalue weighted by atomic mass is 9.69. The van der Waals surface area contributed by atoms with Gasteiger partial charge in [-0.05, 0) is 24.8 Å². The van der Waals surface area contributed by atoms with Crippen molar-refractivity contribution >= 4 is 0 Å². The quantitative estimate of drug-likeness (QED) is 0.571. The lowest BCUT2D eigenvalue weighted by Crippen LogP contribution is -2.50. The van der Waals surface area contributed by atoms with Gasteiger partial charge in [-0.15, -0.1) is 0 Å². The first kappa shape index (κ1) is 13.2. The van der Waals surface area contributed by atoms with Gasteiger partial charge in [0.25, 0.3) is 0 Å². The van der Waals surface area contributed by atoms with Crippen LogP contribution in [0.1, 0.15) is 45.6 Å². The Morgan fingerprint density at radius 1 is 1.12 bits per heavy atom. The highest BCUT2D eigenvalue weighted by Crippen LogP contribution is 2.36. The standard InChI is InChI=1S/C14H24N2/c1-4-13(16-15)14(5-2,6-3)12-10-8-7-9-11-12/h7-11,13,16H,4-6,15H2,1-3H3. The first-order valence-electron chi connectivity index (χ1n) is 6.26. The smallest absolute Gasteiger partial charge is 0.0304 e. The average molecular weight is 220 g/mol. The number of benzene rings is 1. The predicted octanol–water partition coefficient (Wildman–Crippen LogP) is 2.99. The molecule has 2 heteroatoms. The van der Waals surface area contributed by atoms with Crippen LogP contribution in [0, 0.1) is 0 Å². The molecule has 0 saturated carbocycles. The van der Waals surface area contributed by atoms with Crippen molar-refractivity contribution in [3.05, 3.63) is 35.9 Å². The van der Waals surface area contributed by atoms with Crippen LogP contribution in [0.2, 0.25) is 0 Å². The first-order chi connectivity index (χ1) is 7.75. The normalized spacial score (nSPS) is 13.8. The Hall–Kier alpha value is -0.860. The summed E-state index contributed by atoms with van der Waals surface area (Å²) in [6.45, 7) is 6.68. The summed E-state index contributed by atoms with van der Waals surface area (Å²) in [7, 11) is 0. The topological polar surface area (TPSA) is 38.0 Å². The van der Waals surface area contributed by atoms with Crippen molar-refractivity contribution in [2.75, 3.05) is 0 Å². The lowest BCUT2D eigenvalue weighted by molar-refractivity contribution is 0.266. The number of hydrogen-bond acceptors (Lipinski definition) is 2. The van der Waals surface area contributed by atoms with Crippen molar-refractivity contribution in [2.45, 2.75) is 51.5 Å². The van der Waals surface area contributed by atoms with Crippen LogP contribution >= 0.6 is 0 Å². The minimum Gasteiger partial charge on any atom is -0.271 e. The zero-order chi connectivity index (χ0) is 12.0. The summed E-state index contributed by atoms with van der Waals surface area (Å²) in [6, 6.07) is 11.1. The molecule has 0 radical (unpaired) electrons. The molecule has 0 aliphatic rings. The van der Waals surface area contributed by atoms with E-state index in [2.05, 4.69) is 56.5 Å². The van der Waals surface area contributed by atoms with Crippen molar-refractivity contribution in [1.82, 2.24) is 5.43 Å². The third kappa shape index (κ3) is 2.28. The molecule has 2 nitrogen and oxygen atoms in total. The highest BCUT2D eigenvalue weighted by atomic mass is 15.2. The summed E-state index contributed by atoms with van der Waals surface area (Å²) >= 11 is 0. The van der Waals surface area contributed by atoms with E-state index in [9.17, 15) is 0 Å². The zero-order valence-corrected chi connectivity index (χ0v) is 10.7. The molecule has 0 heterocycles. The minimum atomic E-state index is 0.157. The monoisotopic (exact) mass is 220 g/mol. The summed E-state index contributed by atoms with van der Waals surface area (Å²) < 4.78 is 0. The molecule has 1 unspecified atom stereocenters. The fraction of sp³-hybridized carbons (Fsp3) is 0.571. The predicted molar refractivity (Wildman–Crippen MR) is 70.1 cm³/mol. The average Bonchev–Trinajstić information content (AvgIpc) is 2.37. The number of hydrogen-bond donors (Lipinski definition) is 2. The van der Waals surface area contributed by atoms with Gasteiger partial charge in [-0.1, -0.05) is 51.1 Å². The van der Waals surface area contributed by atoms with E-state index in [0.29, 0.717) is 6.04 Å². The molecule has 90 valence electrons. The molecule has 0 aliphatic heterocycles. The molecule has 0 aliphatic carbocycles. The van der Waals surface area contributed by atoms with Gasteiger partial charge < -0.3 is 0 Å². The van der Waals surface area contributed by atoms with Crippen molar-refractivity contribution in [1.29, 1.82) is 0 Å². The highest BCUT2D eigenvalue weighted by Gasteiger charge is 2.35. The van der Waals surface area contributed by atoms with Gasteiger partial charge in [-0.2, -0.15) is 0 Å². The summed E-state index contributed by atoms with van der Waals surface area (Å²) in [5.74, 6) is 5.71. The Bertz CT molecular complexity index is 287. The molecule has 0 fully saturated rings. The molecule has 16 heavy (non-hydrogen) atoms. The SMILES string of the molecule is CCC(NN)C(CC)(CC)c1ccccc1. The number of rotatable bonds is 6. The third-order valence-corrected chi connectivity index (χ3v) is 3.89. The molecule has 0 aromatic heterocycles. The van der Waals surface area contributed by atoms with Crippen LogP contribution in [-0.2, 0) is 5.41 Å².